The zero-order valence-electron chi connectivity index (χ0n) is 9.56. The first-order valence-electron chi connectivity index (χ1n) is 5.51. The molecule has 2 atom stereocenters. The lowest BCUT2D eigenvalue weighted by atomic mass is 9.99. The number of carbonyl (C=O) groups excluding carboxylic acids is 1. The highest BCUT2D eigenvalue weighted by Crippen LogP contribution is 2.24. The molecule has 0 radical (unpaired) electrons. The van der Waals surface area contributed by atoms with Gasteiger partial charge in [-0.05, 0) is 18.4 Å². The van der Waals surface area contributed by atoms with Crippen LogP contribution in [0, 0.1) is 5.92 Å². The molecule has 16 heavy (non-hydrogen) atoms. The van der Waals surface area contributed by atoms with Gasteiger partial charge in [-0.2, -0.15) is 5.10 Å². The predicted octanol–water partition coefficient (Wildman–Crippen LogP) is 1.67. The van der Waals surface area contributed by atoms with Crippen molar-refractivity contribution >= 4 is 21.8 Å². The van der Waals surface area contributed by atoms with Gasteiger partial charge < -0.3 is 4.90 Å². The zero-order valence-corrected chi connectivity index (χ0v) is 11.1. The molecule has 1 aliphatic heterocycles. The van der Waals surface area contributed by atoms with Gasteiger partial charge >= 0.3 is 0 Å². The summed E-state index contributed by atoms with van der Waals surface area (Å²) in [6, 6.07) is 1.77. The molecule has 0 aliphatic carbocycles. The van der Waals surface area contributed by atoms with E-state index < -0.39 is 0 Å². The predicted molar refractivity (Wildman–Crippen MR) is 65.6 cm³/mol. The summed E-state index contributed by atoms with van der Waals surface area (Å²) in [7, 11) is 1.82. The second kappa shape index (κ2) is 4.57. The highest BCUT2D eigenvalue weighted by Gasteiger charge is 2.28. The molecule has 0 spiro atoms. The lowest BCUT2D eigenvalue weighted by molar-refractivity contribution is 0.0699. The van der Waals surface area contributed by atoms with Crippen LogP contribution in [0.5, 0.6) is 0 Å². The summed E-state index contributed by atoms with van der Waals surface area (Å²) in [5.41, 5.74) is 0.539. The van der Waals surface area contributed by atoms with Crippen LogP contribution in [0.4, 0.5) is 0 Å². The Labute approximate surface area is 104 Å². The van der Waals surface area contributed by atoms with Gasteiger partial charge in [0, 0.05) is 31.2 Å². The summed E-state index contributed by atoms with van der Waals surface area (Å²) in [6.45, 7) is 3.82. The van der Waals surface area contributed by atoms with Crippen LogP contribution in [0.25, 0.3) is 0 Å². The molecule has 0 saturated carbocycles. The molecular weight excluding hydrogens is 270 g/mol. The Morgan fingerprint density at radius 3 is 2.94 bits per heavy atom. The number of alkyl halides is 1. The van der Waals surface area contributed by atoms with Crippen LogP contribution in [0.3, 0.4) is 0 Å². The molecule has 1 aromatic rings. The fourth-order valence-corrected chi connectivity index (χ4v) is 2.51. The van der Waals surface area contributed by atoms with E-state index in [9.17, 15) is 4.79 Å². The summed E-state index contributed by atoms with van der Waals surface area (Å²) in [4.78, 5) is 14.4. The van der Waals surface area contributed by atoms with Crippen molar-refractivity contribution < 1.29 is 4.79 Å². The van der Waals surface area contributed by atoms with Crippen molar-refractivity contribution in [1.82, 2.24) is 14.7 Å². The second-order valence-corrected chi connectivity index (χ2v) is 5.58. The van der Waals surface area contributed by atoms with Gasteiger partial charge in [-0.3, -0.25) is 9.48 Å². The molecule has 0 N–H and O–H groups in total. The van der Waals surface area contributed by atoms with E-state index in [4.69, 9.17) is 0 Å². The average molecular weight is 286 g/mol. The Morgan fingerprint density at radius 2 is 2.38 bits per heavy atom. The van der Waals surface area contributed by atoms with E-state index in [1.165, 1.54) is 0 Å². The largest absolute Gasteiger partial charge is 0.336 e. The molecule has 0 bridgehead atoms. The van der Waals surface area contributed by atoms with E-state index in [1.54, 1.807) is 16.9 Å². The number of nitrogens with zero attached hydrogens (tertiary/aromatic N) is 3. The van der Waals surface area contributed by atoms with Crippen LogP contribution in [-0.4, -0.2) is 38.5 Å². The van der Waals surface area contributed by atoms with Gasteiger partial charge in [-0.15, -0.1) is 0 Å². The molecule has 88 valence electrons. The van der Waals surface area contributed by atoms with Gasteiger partial charge in [0.1, 0.15) is 5.69 Å². The van der Waals surface area contributed by atoms with Crippen LogP contribution < -0.4 is 0 Å². The van der Waals surface area contributed by atoms with Crippen molar-refractivity contribution in [2.45, 2.75) is 18.2 Å². The number of rotatable bonds is 1. The van der Waals surface area contributed by atoms with Gasteiger partial charge in [0.15, 0.2) is 0 Å². The maximum absolute atomic E-state index is 12.1. The molecule has 2 heterocycles. The number of aromatic nitrogens is 2. The fraction of sp³-hybridized carbons (Fsp3) is 0.636. The molecule has 2 unspecified atom stereocenters. The van der Waals surface area contributed by atoms with Gasteiger partial charge in [0.2, 0.25) is 0 Å². The minimum atomic E-state index is 0.0388. The van der Waals surface area contributed by atoms with E-state index in [2.05, 4.69) is 28.0 Å². The Balaban J connectivity index is 2.06. The SMILES string of the molecule is CC1CCN(C(=O)c2ccn(C)n2)CC1Br. The topological polar surface area (TPSA) is 38.1 Å². The molecule has 0 aromatic carbocycles. The normalized spacial score (nSPS) is 25.8. The monoisotopic (exact) mass is 285 g/mol. The van der Waals surface area contributed by atoms with E-state index in [0.29, 0.717) is 16.4 Å². The third-order valence-corrected chi connectivity index (χ3v) is 4.28. The van der Waals surface area contributed by atoms with Gasteiger partial charge in [0.05, 0.1) is 0 Å². The first-order valence-corrected chi connectivity index (χ1v) is 6.42. The van der Waals surface area contributed by atoms with Gasteiger partial charge in [0.25, 0.3) is 5.91 Å². The number of hydrogen-bond acceptors (Lipinski definition) is 2. The molecular formula is C11H16BrN3O. The molecule has 2 rings (SSSR count). The van der Waals surface area contributed by atoms with Crippen LogP contribution in [0.15, 0.2) is 12.3 Å². The summed E-state index contributed by atoms with van der Waals surface area (Å²) < 4.78 is 1.66. The van der Waals surface area contributed by atoms with Crippen molar-refractivity contribution in [3.8, 4) is 0 Å². The molecule has 4 nitrogen and oxygen atoms in total. The highest BCUT2D eigenvalue weighted by atomic mass is 79.9. The van der Waals surface area contributed by atoms with Crippen LogP contribution in [0.2, 0.25) is 0 Å². The van der Waals surface area contributed by atoms with Crippen molar-refractivity contribution in [3.05, 3.63) is 18.0 Å². The third kappa shape index (κ3) is 2.29. The van der Waals surface area contributed by atoms with Crippen molar-refractivity contribution in [3.63, 3.8) is 0 Å². The Kier molecular flexibility index (Phi) is 3.33. The van der Waals surface area contributed by atoms with E-state index in [1.807, 2.05) is 11.9 Å². The Hall–Kier alpha value is -0.840. The molecule has 1 fully saturated rings. The molecule has 1 aliphatic rings. The average Bonchev–Trinajstić information content (AvgIpc) is 2.68. The Morgan fingerprint density at radius 1 is 1.62 bits per heavy atom. The van der Waals surface area contributed by atoms with Crippen molar-refractivity contribution in [2.75, 3.05) is 13.1 Å². The number of hydrogen-bond donors (Lipinski definition) is 0. The Bertz CT molecular complexity index is 390. The number of piperidine rings is 1. The van der Waals surface area contributed by atoms with Crippen LogP contribution >= 0.6 is 15.9 Å². The second-order valence-electron chi connectivity index (χ2n) is 4.41. The number of amides is 1. The summed E-state index contributed by atoms with van der Waals surface area (Å²) >= 11 is 3.62. The maximum atomic E-state index is 12.1. The van der Waals surface area contributed by atoms with Crippen molar-refractivity contribution in [2.24, 2.45) is 13.0 Å². The third-order valence-electron chi connectivity index (χ3n) is 3.09. The minimum absolute atomic E-state index is 0.0388. The highest BCUT2D eigenvalue weighted by molar-refractivity contribution is 9.09. The van der Waals surface area contributed by atoms with E-state index in [0.717, 1.165) is 19.5 Å². The quantitative estimate of drug-likeness (QED) is 0.736. The lowest BCUT2D eigenvalue weighted by Crippen LogP contribution is -2.43. The minimum Gasteiger partial charge on any atom is -0.336 e. The van der Waals surface area contributed by atoms with Gasteiger partial charge in [-0.25, -0.2) is 0 Å². The lowest BCUT2D eigenvalue weighted by Gasteiger charge is -2.33. The van der Waals surface area contributed by atoms with Crippen molar-refractivity contribution in [1.29, 1.82) is 0 Å². The van der Waals surface area contributed by atoms with E-state index >= 15 is 0 Å². The zero-order chi connectivity index (χ0) is 11.7. The first kappa shape index (κ1) is 11.6. The smallest absolute Gasteiger partial charge is 0.274 e. The molecule has 5 heteroatoms. The molecule has 1 saturated heterocycles. The van der Waals surface area contributed by atoms with Crippen LogP contribution in [-0.2, 0) is 7.05 Å². The number of carbonyl (C=O) groups is 1. The number of likely N-dealkylation sites (tertiary alicyclic amines) is 1. The standard InChI is InChI=1S/C11H16BrN3O/c1-8-3-6-15(7-9(8)12)11(16)10-4-5-14(2)13-10/h4-5,8-9H,3,6-7H2,1-2H3. The number of aryl methyl sites for hydroxylation is 1. The summed E-state index contributed by atoms with van der Waals surface area (Å²) in [6.07, 6.45) is 2.85. The fourth-order valence-electron chi connectivity index (χ4n) is 1.90. The van der Waals surface area contributed by atoms with Gasteiger partial charge in [-0.1, -0.05) is 22.9 Å². The first-order chi connectivity index (χ1) is 7.58. The van der Waals surface area contributed by atoms with Crippen LogP contribution in [0.1, 0.15) is 23.8 Å². The molecule has 1 amide bonds. The maximum Gasteiger partial charge on any atom is 0.274 e. The molecule has 1 aromatic heterocycles. The summed E-state index contributed by atoms with van der Waals surface area (Å²) in [5.74, 6) is 0.671. The van der Waals surface area contributed by atoms with E-state index in [-0.39, 0.29) is 5.91 Å². The number of halogens is 1. The summed E-state index contributed by atoms with van der Waals surface area (Å²) in [5, 5.41) is 4.14.